The number of anilines is 2. The lowest BCUT2D eigenvalue weighted by atomic mass is 10.3. The van der Waals surface area contributed by atoms with E-state index in [0.717, 1.165) is 30.2 Å². The zero-order chi connectivity index (χ0) is 13.4. The van der Waals surface area contributed by atoms with E-state index in [9.17, 15) is 4.79 Å². The highest BCUT2D eigenvalue weighted by Crippen LogP contribution is 2.16. The van der Waals surface area contributed by atoms with E-state index in [1.807, 2.05) is 20.9 Å². The van der Waals surface area contributed by atoms with Crippen LogP contribution in [0.2, 0.25) is 0 Å². The van der Waals surface area contributed by atoms with Gasteiger partial charge in [-0.15, -0.1) is 0 Å². The first-order chi connectivity index (χ1) is 8.69. The molecular formula is C12H21N5O. The number of carbonyl (C=O) groups is 1. The van der Waals surface area contributed by atoms with Gasteiger partial charge in [0.05, 0.1) is 0 Å². The summed E-state index contributed by atoms with van der Waals surface area (Å²) in [6.07, 6.45) is 2.90. The summed E-state index contributed by atoms with van der Waals surface area (Å²) in [7, 11) is 1.82. The molecule has 0 aliphatic carbocycles. The smallest absolute Gasteiger partial charge is 0.221 e. The fourth-order valence-corrected chi connectivity index (χ4v) is 1.53. The van der Waals surface area contributed by atoms with Gasteiger partial charge >= 0.3 is 0 Å². The maximum Gasteiger partial charge on any atom is 0.221 e. The second-order valence-corrected chi connectivity index (χ2v) is 3.97. The molecule has 0 saturated carbocycles. The van der Waals surface area contributed by atoms with Crippen molar-refractivity contribution in [2.45, 2.75) is 26.7 Å². The van der Waals surface area contributed by atoms with Gasteiger partial charge in [-0.05, 0) is 13.3 Å². The molecule has 1 rings (SSSR count). The minimum atomic E-state index is 0.0601. The third kappa shape index (κ3) is 4.20. The Morgan fingerprint density at radius 1 is 1.28 bits per heavy atom. The lowest BCUT2D eigenvalue weighted by Crippen LogP contribution is -2.26. The van der Waals surface area contributed by atoms with Crippen molar-refractivity contribution in [3.05, 3.63) is 11.9 Å². The molecule has 0 aliphatic rings. The largest absolute Gasteiger partial charge is 0.373 e. The summed E-state index contributed by atoms with van der Waals surface area (Å²) in [5, 5.41) is 8.97. The molecule has 0 atom stereocenters. The Labute approximate surface area is 108 Å². The second-order valence-electron chi connectivity index (χ2n) is 3.97. The van der Waals surface area contributed by atoms with E-state index >= 15 is 0 Å². The third-order valence-electron chi connectivity index (χ3n) is 2.54. The standard InChI is InChI=1S/C12H21N5O/c1-4-6-14-10(18)5-7-15-12-9(2)11(13-3)16-8-17-12/h8H,4-7H2,1-3H3,(H,14,18)(H2,13,15,16,17). The fourth-order valence-electron chi connectivity index (χ4n) is 1.53. The maximum atomic E-state index is 11.4. The molecule has 6 nitrogen and oxygen atoms in total. The summed E-state index contributed by atoms with van der Waals surface area (Å²) in [4.78, 5) is 19.7. The molecule has 6 heteroatoms. The van der Waals surface area contributed by atoms with Gasteiger partial charge in [0.2, 0.25) is 5.91 Å². The van der Waals surface area contributed by atoms with Crippen LogP contribution in [0, 0.1) is 6.92 Å². The van der Waals surface area contributed by atoms with E-state index in [1.165, 1.54) is 6.33 Å². The Hall–Kier alpha value is -1.85. The van der Waals surface area contributed by atoms with E-state index in [2.05, 4.69) is 25.9 Å². The molecule has 0 spiro atoms. The van der Waals surface area contributed by atoms with Gasteiger partial charge in [-0.3, -0.25) is 4.79 Å². The average Bonchev–Trinajstić information content (AvgIpc) is 2.38. The van der Waals surface area contributed by atoms with Crippen LogP contribution >= 0.6 is 0 Å². The minimum Gasteiger partial charge on any atom is -0.373 e. The van der Waals surface area contributed by atoms with E-state index in [-0.39, 0.29) is 5.91 Å². The van der Waals surface area contributed by atoms with Crippen molar-refractivity contribution >= 4 is 17.5 Å². The van der Waals surface area contributed by atoms with Crippen molar-refractivity contribution in [3.63, 3.8) is 0 Å². The number of nitrogens with one attached hydrogen (secondary N) is 3. The number of carbonyl (C=O) groups excluding carboxylic acids is 1. The highest BCUT2D eigenvalue weighted by Gasteiger charge is 2.05. The summed E-state index contributed by atoms with van der Waals surface area (Å²) < 4.78 is 0. The zero-order valence-electron chi connectivity index (χ0n) is 11.2. The molecule has 0 radical (unpaired) electrons. The van der Waals surface area contributed by atoms with Crippen LogP contribution in [0.5, 0.6) is 0 Å². The molecule has 1 aromatic heterocycles. The molecule has 100 valence electrons. The first kappa shape index (κ1) is 14.2. The van der Waals surface area contributed by atoms with Crippen LogP contribution in [0.15, 0.2) is 6.33 Å². The highest BCUT2D eigenvalue weighted by molar-refractivity contribution is 5.76. The van der Waals surface area contributed by atoms with Crippen LogP contribution < -0.4 is 16.0 Å². The summed E-state index contributed by atoms with van der Waals surface area (Å²) in [5.41, 5.74) is 0.953. The molecule has 3 N–H and O–H groups in total. The van der Waals surface area contributed by atoms with Crippen molar-refractivity contribution in [1.82, 2.24) is 15.3 Å². The van der Waals surface area contributed by atoms with Crippen LogP contribution in [0.1, 0.15) is 25.3 Å². The number of hydrogen-bond donors (Lipinski definition) is 3. The predicted molar refractivity (Wildman–Crippen MR) is 72.7 cm³/mol. The van der Waals surface area contributed by atoms with E-state index in [4.69, 9.17) is 0 Å². The van der Waals surface area contributed by atoms with Gasteiger partial charge in [0.15, 0.2) is 0 Å². The van der Waals surface area contributed by atoms with Gasteiger partial charge in [0, 0.05) is 32.1 Å². The topological polar surface area (TPSA) is 78.9 Å². The summed E-state index contributed by atoms with van der Waals surface area (Å²) in [6.45, 7) is 5.26. The number of amides is 1. The minimum absolute atomic E-state index is 0.0601. The Morgan fingerprint density at radius 3 is 2.67 bits per heavy atom. The van der Waals surface area contributed by atoms with Crippen molar-refractivity contribution in [2.75, 3.05) is 30.8 Å². The van der Waals surface area contributed by atoms with Crippen molar-refractivity contribution in [2.24, 2.45) is 0 Å². The van der Waals surface area contributed by atoms with Crippen LogP contribution in [-0.4, -0.2) is 36.0 Å². The lowest BCUT2D eigenvalue weighted by molar-refractivity contribution is -0.120. The predicted octanol–water partition coefficient (Wildman–Crippen LogP) is 1.15. The highest BCUT2D eigenvalue weighted by atomic mass is 16.1. The van der Waals surface area contributed by atoms with Crippen molar-refractivity contribution < 1.29 is 4.79 Å². The first-order valence-electron chi connectivity index (χ1n) is 6.19. The molecule has 0 saturated heterocycles. The molecule has 0 fully saturated rings. The maximum absolute atomic E-state index is 11.4. The normalized spacial score (nSPS) is 9.94. The molecule has 0 bridgehead atoms. The van der Waals surface area contributed by atoms with Gasteiger partial charge in [0.25, 0.3) is 0 Å². The van der Waals surface area contributed by atoms with Gasteiger partial charge in [-0.1, -0.05) is 6.92 Å². The zero-order valence-corrected chi connectivity index (χ0v) is 11.2. The molecule has 1 amide bonds. The Balaban J connectivity index is 2.42. The fraction of sp³-hybridized carbons (Fsp3) is 0.583. The molecule has 0 aliphatic heterocycles. The van der Waals surface area contributed by atoms with E-state index in [0.29, 0.717) is 13.0 Å². The van der Waals surface area contributed by atoms with Gasteiger partial charge in [-0.25, -0.2) is 9.97 Å². The van der Waals surface area contributed by atoms with Gasteiger partial charge in [-0.2, -0.15) is 0 Å². The Morgan fingerprint density at radius 2 is 2.00 bits per heavy atom. The molecular weight excluding hydrogens is 230 g/mol. The SMILES string of the molecule is CCCNC(=O)CCNc1ncnc(NC)c1C. The van der Waals surface area contributed by atoms with Crippen LogP contribution in [-0.2, 0) is 4.79 Å². The van der Waals surface area contributed by atoms with Crippen LogP contribution in [0.25, 0.3) is 0 Å². The van der Waals surface area contributed by atoms with Crippen LogP contribution in [0.4, 0.5) is 11.6 Å². The van der Waals surface area contributed by atoms with Crippen LogP contribution in [0.3, 0.4) is 0 Å². The molecule has 1 heterocycles. The second kappa shape index (κ2) is 7.47. The quantitative estimate of drug-likeness (QED) is 0.677. The number of aromatic nitrogens is 2. The Bertz CT molecular complexity index is 394. The van der Waals surface area contributed by atoms with Crippen molar-refractivity contribution in [1.29, 1.82) is 0 Å². The average molecular weight is 251 g/mol. The third-order valence-corrected chi connectivity index (χ3v) is 2.54. The van der Waals surface area contributed by atoms with Gasteiger partial charge in [0.1, 0.15) is 18.0 Å². The number of nitrogens with zero attached hydrogens (tertiary/aromatic N) is 2. The summed E-state index contributed by atoms with van der Waals surface area (Å²) in [6, 6.07) is 0. The van der Waals surface area contributed by atoms with E-state index in [1.54, 1.807) is 0 Å². The first-order valence-corrected chi connectivity index (χ1v) is 6.19. The molecule has 0 unspecified atom stereocenters. The summed E-state index contributed by atoms with van der Waals surface area (Å²) >= 11 is 0. The lowest BCUT2D eigenvalue weighted by Gasteiger charge is -2.10. The number of hydrogen-bond acceptors (Lipinski definition) is 5. The molecule has 0 aromatic carbocycles. The Kier molecular flexibility index (Phi) is 5.90. The molecule has 18 heavy (non-hydrogen) atoms. The summed E-state index contributed by atoms with van der Waals surface area (Å²) in [5.74, 6) is 1.62. The van der Waals surface area contributed by atoms with Gasteiger partial charge < -0.3 is 16.0 Å². The van der Waals surface area contributed by atoms with E-state index < -0.39 is 0 Å². The molecule has 1 aromatic rings. The van der Waals surface area contributed by atoms with Crippen molar-refractivity contribution in [3.8, 4) is 0 Å². The number of rotatable bonds is 7. The monoisotopic (exact) mass is 251 g/mol.